The molecule has 0 saturated carbocycles. The number of hydrogen-bond acceptors (Lipinski definition) is 4. The van der Waals surface area contributed by atoms with E-state index < -0.39 is 0 Å². The third-order valence-corrected chi connectivity index (χ3v) is 3.77. The standard InChI is InChI=1S/C14H12Br2ClN3O2/c15-9-3-4-12(11(17)6-9)22-5-1-2-13(21)20-14-18-7-10(16)8-19-14/h3-4,6-8H,1-2,5H2,(H,18,19,20,21). The zero-order chi connectivity index (χ0) is 15.9. The van der Waals surface area contributed by atoms with E-state index in [1.807, 2.05) is 6.07 Å². The molecule has 0 spiro atoms. The Morgan fingerprint density at radius 3 is 2.64 bits per heavy atom. The summed E-state index contributed by atoms with van der Waals surface area (Å²) in [6.07, 6.45) is 4.02. The van der Waals surface area contributed by atoms with Crippen LogP contribution in [0.3, 0.4) is 0 Å². The molecule has 1 amide bonds. The van der Waals surface area contributed by atoms with Crippen LogP contribution in [-0.4, -0.2) is 22.5 Å². The quantitative estimate of drug-likeness (QED) is 0.662. The van der Waals surface area contributed by atoms with Crippen molar-refractivity contribution in [2.75, 3.05) is 11.9 Å². The molecule has 0 aliphatic rings. The second kappa shape index (κ2) is 8.45. The fourth-order valence-electron chi connectivity index (χ4n) is 1.57. The molecule has 0 fully saturated rings. The number of amides is 1. The maximum atomic E-state index is 11.7. The molecule has 0 bridgehead atoms. The Labute approximate surface area is 149 Å². The molecule has 22 heavy (non-hydrogen) atoms. The van der Waals surface area contributed by atoms with E-state index in [0.717, 1.165) is 8.95 Å². The summed E-state index contributed by atoms with van der Waals surface area (Å²) in [5, 5.41) is 3.15. The molecule has 1 aromatic carbocycles. The van der Waals surface area contributed by atoms with Crippen molar-refractivity contribution in [3.63, 3.8) is 0 Å². The van der Waals surface area contributed by atoms with Crippen molar-refractivity contribution in [1.29, 1.82) is 0 Å². The summed E-state index contributed by atoms with van der Waals surface area (Å²) in [6, 6.07) is 5.38. The van der Waals surface area contributed by atoms with Crippen LogP contribution in [0.2, 0.25) is 5.02 Å². The third kappa shape index (κ3) is 5.55. The minimum Gasteiger partial charge on any atom is -0.492 e. The maximum absolute atomic E-state index is 11.7. The molecule has 1 aromatic heterocycles. The van der Waals surface area contributed by atoms with Crippen LogP contribution in [0.25, 0.3) is 0 Å². The van der Waals surface area contributed by atoms with Crippen LogP contribution < -0.4 is 10.1 Å². The highest BCUT2D eigenvalue weighted by atomic mass is 79.9. The van der Waals surface area contributed by atoms with Gasteiger partial charge in [-0.05, 0) is 40.5 Å². The zero-order valence-corrected chi connectivity index (χ0v) is 15.3. The van der Waals surface area contributed by atoms with Gasteiger partial charge in [0.05, 0.1) is 16.1 Å². The third-order valence-electron chi connectivity index (χ3n) is 2.57. The number of rotatable bonds is 6. The van der Waals surface area contributed by atoms with Gasteiger partial charge in [0.2, 0.25) is 11.9 Å². The second-order valence-electron chi connectivity index (χ2n) is 4.30. The van der Waals surface area contributed by atoms with Crippen molar-refractivity contribution in [2.24, 2.45) is 0 Å². The molecule has 5 nitrogen and oxygen atoms in total. The molecular weight excluding hydrogens is 437 g/mol. The average Bonchev–Trinajstić information content (AvgIpc) is 2.48. The predicted octanol–water partition coefficient (Wildman–Crippen LogP) is 4.45. The molecule has 0 aliphatic carbocycles. The summed E-state index contributed by atoms with van der Waals surface area (Å²) in [4.78, 5) is 19.7. The van der Waals surface area contributed by atoms with Gasteiger partial charge in [-0.1, -0.05) is 27.5 Å². The van der Waals surface area contributed by atoms with Gasteiger partial charge in [0.1, 0.15) is 5.75 Å². The average molecular weight is 450 g/mol. The molecule has 0 saturated heterocycles. The van der Waals surface area contributed by atoms with Gasteiger partial charge >= 0.3 is 0 Å². The van der Waals surface area contributed by atoms with Crippen molar-refractivity contribution in [3.05, 3.63) is 44.6 Å². The van der Waals surface area contributed by atoms with Crippen LogP contribution in [0.5, 0.6) is 5.75 Å². The van der Waals surface area contributed by atoms with Crippen molar-refractivity contribution >= 4 is 55.3 Å². The van der Waals surface area contributed by atoms with Crippen LogP contribution in [0.1, 0.15) is 12.8 Å². The first-order valence-electron chi connectivity index (χ1n) is 6.40. The van der Waals surface area contributed by atoms with Gasteiger partial charge in [0, 0.05) is 23.3 Å². The summed E-state index contributed by atoms with van der Waals surface area (Å²) in [5.41, 5.74) is 0. The fraction of sp³-hybridized carbons (Fsp3) is 0.214. The number of ether oxygens (including phenoxy) is 1. The number of carbonyl (C=O) groups excluding carboxylic acids is 1. The molecule has 1 N–H and O–H groups in total. The number of nitrogens with zero attached hydrogens (tertiary/aromatic N) is 2. The minimum absolute atomic E-state index is 0.159. The number of carbonyl (C=O) groups is 1. The Morgan fingerprint density at radius 1 is 1.23 bits per heavy atom. The monoisotopic (exact) mass is 447 g/mol. The number of halogens is 3. The highest BCUT2D eigenvalue weighted by Crippen LogP contribution is 2.27. The van der Waals surface area contributed by atoms with Gasteiger partial charge in [-0.25, -0.2) is 9.97 Å². The van der Waals surface area contributed by atoms with E-state index >= 15 is 0 Å². The van der Waals surface area contributed by atoms with E-state index in [-0.39, 0.29) is 11.9 Å². The van der Waals surface area contributed by atoms with Gasteiger partial charge in [0.25, 0.3) is 0 Å². The predicted molar refractivity (Wildman–Crippen MR) is 92.2 cm³/mol. The van der Waals surface area contributed by atoms with Crippen molar-refractivity contribution < 1.29 is 9.53 Å². The Kier molecular flexibility index (Phi) is 6.60. The molecular formula is C14H12Br2ClN3O2. The molecule has 0 aliphatic heterocycles. The summed E-state index contributed by atoms with van der Waals surface area (Å²) in [7, 11) is 0. The van der Waals surface area contributed by atoms with E-state index in [1.54, 1.807) is 24.5 Å². The second-order valence-corrected chi connectivity index (χ2v) is 6.54. The molecule has 0 radical (unpaired) electrons. The number of aromatic nitrogens is 2. The normalized spacial score (nSPS) is 10.3. The van der Waals surface area contributed by atoms with Crippen molar-refractivity contribution in [3.8, 4) is 5.75 Å². The van der Waals surface area contributed by atoms with Crippen LogP contribution >= 0.6 is 43.5 Å². The Bertz CT molecular complexity index is 653. The number of nitrogens with one attached hydrogen (secondary N) is 1. The fourth-order valence-corrected chi connectivity index (χ4v) is 2.50. The summed E-state index contributed by atoms with van der Waals surface area (Å²) < 4.78 is 7.18. The Hall–Kier alpha value is -1.18. The van der Waals surface area contributed by atoms with E-state index in [1.165, 1.54) is 0 Å². The Balaban J connectivity index is 1.72. The lowest BCUT2D eigenvalue weighted by atomic mass is 10.3. The lowest BCUT2D eigenvalue weighted by Crippen LogP contribution is -2.14. The van der Waals surface area contributed by atoms with Crippen LogP contribution in [0.4, 0.5) is 5.95 Å². The Morgan fingerprint density at radius 2 is 1.95 bits per heavy atom. The highest BCUT2D eigenvalue weighted by molar-refractivity contribution is 9.10. The largest absolute Gasteiger partial charge is 0.492 e. The first-order chi connectivity index (χ1) is 10.5. The molecule has 2 rings (SSSR count). The van der Waals surface area contributed by atoms with Gasteiger partial charge in [-0.15, -0.1) is 0 Å². The lowest BCUT2D eigenvalue weighted by molar-refractivity contribution is -0.116. The van der Waals surface area contributed by atoms with Gasteiger partial charge in [-0.2, -0.15) is 0 Å². The van der Waals surface area contributed by atoms with E-state index in [9.17, 15) is 4.79 Å². The van der Waals surface area contributed by atoms with Crippen LogP contribution in [-0.2, 0) is 4.79 Å². The van der Waals surface area contributed by atoms with Gasteiger partial charge in [-0.3, -0.25) is 10.1 Å². The molecule has 0 unspecified atom stereocenters. The molecule has 0 atom stereocenters. The van der Waals surface area contributed by atoms with E-state index in [0.29, 0.717) is 30.2 Å². The molecule has 116 valence electrons. The molecule has 8 heteroatoms. The first-order valence-corrected chi connectivity index (χ1v) is 8.36. The summed E-state index contributed by atoms with van der Waals surface area (Å²) >= 11 is 12.6. The van der Waals surface area contributed by atoms with E-state index in [4.69, 9.17) is 16.3 Å². The number of anilines is 1. The van der Waals surface area contributed by atoms with Crippen LogP contribution in [0, 0.1) is 0 Å². The molecule has 2 aromatic rings. The number of benzene rings is 1. The van der Waals surface area contributed by atoms with Gasteiger partial charge < -0.3 is 4.74 Å². The maximum Gasteiger partial charge on any atom is 0.229 e. The SMILES string of the molecule is O=C(CCCOc1ccc(Br)cc1Cl)Nc1ncc(Br)cn1. The molecule has 1 heterocycles. The topological polar surface area (TPSA) is 64.1 Å². The highest BCUT2D eigenvalue weighted by Gasteiger charge is 2.06. The van der Waals surface area contributed by atoms with Crippen LogP contribution in [0.15, 0.2) is 39.5 Å². The van der Waals surface area contributed by atoms with E-state index in [2.05, 4.69) is 47.1 Å². The number of hydrogen-bond donors (Lipinski definition) is 1. The smallest absolute Gasteiger partial charge is 0.229 e. The van der Waals surface area contributed by atoms with Crippen molar-refractivity contribution in [2.45, 2.75) is 12.8 Å². The lowest BCUT2D eigenvalue weighted by Gasteiger charge is -2.08. The summed E-state index contributed by atoms with van der Waals surface area (Å²) in [6.45, 7) is 0.399. The minimum atomic E-state index is -0.159. The van der Waals surface area contributed by atoms with Gasteiger partial charge in [0.15, 0.2) is 0 Å². The first kappa shape index (κ1) is 17.2. The summed E-state index contributed by atoms with van der Waals surface area (Å²) in [5.74, 6) is 0.722. The van der Waals surface area contributed by atoms with Crippen molar-refractivity contribution in [1.82, 2.24) is 9.97 Å². The zero-order valence-electron chi connectivity index (χ0n) is 11.4.